The molecule has 0 aliphatic carbocycles. The zero-order valence-electron chi connectivity index (χ0n) is 45.8. The number of esters is 2. The van der Waals surface area contributed by atoms with Crippen LogP contribution in [0.25, 0.3) is 33.5 Å². The molecule has 424 valence electrons. The van der Waals surface area contributed by atoms with E-state index in [4.69, 9.17) is 43.6 Å². The summed E-state index contributed by atoms with van der Waals surface area (Å²) in [5, 5.41) is 17.4. The number of aromatic nitrogens is 8. The lowest BCUT2D eigenvalue weighted by Crippen LogP contribution is -2.12. The Morgan fingerprint density at radius 1 is 0.494 bits per heavy atom. The molecule has 0 saturated carbocycles. The Kier molecular flexibility index (Phi) is 18.9. The summed E-state index contributed by atoms with van der Waals surface area (Å²) in [4.78, 5) is 66.6. The minimum Gasteiger partial charge on any atom is -0.496 e. The van der Waals surface area contributed by atoms with Gasteiger partial charge in [-0.05, 0) is 112 Å². The van der Waals surface area contributed by atoms with Gasteiger partial charge in [0.15, 0.2) is 22.8 Å². The van der Waals surface area contributed by atoms with Crippen molar-refractivity contribution in [2.24, 2.45) is 0 Å². The van der Waals surface area contributed by atoms with E-state index in [0.29, 0.717) is 80.1 Å². The fourth-order valence-electron chi connectivity index (χ4n) is 8.08. The third-order valence-corrected chi connectivity index (χ3v) is 12.7. The summed E-state index contributed by atoms with van der Waals surface area (Å²) in [6, 6.07) is 34.5. The molecular weight excluding hydrogens is 1140 g/mol. The second-order valence-electron chi connectivity index (χ2n) is 17.1. The number of nitrogens with two attached hydrogens (primary N) is 1. The summed E-state index contributed by atoms with van der Waals surface area (Å²) < 4.78 is 44.6. The average Bonchev–Trinajstić information content (AvgIpc) is 4.46. The van der Waals surface area contributed by atoms with Crippen LogP contribution in [0.4, 0.5) is 28.7 Å². The molecule has 0 fully saturated rings. The predicted octanol–water partition coefficient (Wildman–Crippen LogP) is 9.49. The monoisotopic (exact) mass is 1190 g/mol. The summed E-state index contributed by atoms with van der Waals surface area (Å²) in [6.07, 6.45) is 6.60. The van der Waals surface area contributed by atoms with Crippen molar-refractivity contribution < 1.29 is 57.1 Å². The van der Waals surface area contributed by atoms with Gasteiger partial charge >= 0.3 is 11.9 Å². The molecule has 0 saturated heterocycles. The van der Waals surface area contributed by atoms with Gasteiger partial charge in [-0.2, -0.15) is 20.2 Å². The maximum atomic E-state index is 13.2. The number of pyridine rings is 4. The van der Waals surface area contributed by atoms with E-state index in [0.717, 1.165) is 26.7 Å². The minimum atomic E-state index is -0.535. The molecule has 24 nitrogen and oxygen atoms in total. The number of amides is 2. The molecule has 0 aliphatic heterocycles. The molecule has 2 amide bonds. The predicted molar refractivity (Wildman–Crippen MR) is 311 cm³/mol. The van der Waals surface area contributed by atoms with Crippen LogP contribution in [-0.4, -0.2) is 120 Å². The Morgan fingerprint density at radius 2 is 0.976 bits per heavy atom. The highest BCUT2D eigenvalue weighted by atomic mass is 79.9. The second kappa shape index (κ2) is 26.9. The molecular formula is C58H53BrN12O12. The van der Waals surface area contributed by atoms with Crippen molar-refractivity contribution in [1.82, 2.24) is 39.2 Å². The van der Waals surface area contributed by atoms with Crippen LogP contribution in [0, 0.1) is 0 Å². The van der Waals surface area contributed by atoms with Crippen LogP contribution < -0.4 is 50.1 Å². The summed E-state index contributed by atoms with van der Waals surface area (Å²) in [7, 11) is 11.6. The molecule has 0 spiro atoms. The van der Waals surface area contributed by atoms with E-state index in [2.05, 4.69) is 62.0 Å². The van der Waals surface area contributed by atoms with Gasteiger partial charge in [0.25, 0.3) is 23.6 Å². The molecule has 10 aromatic rings. The molecule has 4 aromatic carbocycles. The van der Waals surface area contributed by atoms with Gasteiger partial charge in [0.05, 0.1) is 67.0 Å². The Balaban J connectivity index is 0.000000188. The van der Waals surface area contributed by atoms with Crippen molar-refractivity contribution in [2.75, 3.05) is 78.6 Å². The third-order valence-electron chi connectivity index (χ3n) is 12.1. The largest absolute Gasteiger partial charge is 0.496 e. The lowest BCUT2D eigenvalue weighted by molar-refractivity contribution is 0.0588. The van der Waals surface area contributed by atoms with Crippen molar-refractivity contribution in [1.29, 1.82) is 0 Å². The van der Waals surface area contributed by atoms with Gasteiger partial charge < -0.3 is 59.6 Å². The molecule has 5 N–H and O–H groups in total. The number of ether oxygens (including phenoxy) is 8. The summed E-state index contributed by atoms with van der Waals surface area (Å²) in [6.45, 7) is 0. The van der Waals surface area contributed by atoms with Gasteiger partial charge in [0, 0.05) is 58.2 Å². The average molecular weight is 1190 g/mol. The zero-order valence-corrected chi connectivity index (χ0v) is 47.4. The number of nitrogens with zero attached hydrogens (tertiary/aromatic N) is 8. The van der Waals surface area contributed by atoms with Gasteiger partial charge in [-0.1, -0.05) is 24.3 Å². The number of benzene rings is 4. The van der Waals surface area contributed by atoms with Crippen LogP contribution in [0.15, 0.2) is 151 Å². The molecule has 6 heterocycles. The Bertz CT molecular complexity index is 4010. The summed E-state index contributed by atoms with van der Waals surface area (Å²) in [5.41, 5.74) is 13.0. The van der Waals surface area contributed by atoms with Crippen LogP contribution in [0.2, 0.25) is 0 Å². The van der Waals surface area contributed by atoms with Crippen molar-refractivity contribution in [3.05, 3.63) is 173 Å². The molecule has 25 heteroatoms. The van der Waals surface area contributed by atoms with Crippen LogP contribution in [-0.2, 0) is 9.47 Å². The van der Waals surface area contributed by atoms with Gasteiger partial charge in [0.1, 0.15) is 46.9 Å². The van der Waals surface area contributed by atoms with Crippen molar-refractivity contribution in [2.45, 2.75) is 0 Å². The summed E-state index contributed by atoms with van der Waals surface area (Å²) in [5.74, 6) is 1.69. The molecule has 6 aromatic heterocycles. The Labute approximate surface area is 482 Å². The topological polar surface area (TPSA) is 290 Å². The highest BCUT2D eigenvalue weighted by Crippen LogP contribution is 2.33. The van der Waals surface area contributed by atoms with Crippen LogP contribution in [0.1, 0.15) is 41.4 Å². The Morgan fingerprint density at radius 3 is 1.48 bits per heavy atom. The molecule has 0 radical (unpaired) electrons. The van der Waals surface area contributed by atoms with E-state index < -0.39 is 11.9 Å². The first-order valence-corrected chi connectivity index (χ1v) is 25.4. The number of carbonyl (C=O) groups is 4. The number of nitrogens with one attached hydrogen (secondary N) is 3. The van der Waals surface area contributed by atoms with Crippen molar-refractivity contribution >= 4 is 79.7 Å². The van der Waals surface area contributed by atoms with Gasteiger partial charge in [-0.3, -0.25) is 9.59 Å². The molecule has 0 unspecified atom stereocenters. The lowest BCUT2D eigenvalue weighted by Gasteiger charge is -2.13. The fraction of sp³-hybridized carbons (Fsp3) is 0.138. The molecule has 0 atom stereocenters. The highest BCUT2D eigenvalue weighted by molar-refractivity contribution is 9.10. The molecule has 83 heavy (non-hydrogen) atoms. The SMILES string of the molecule is COC(=O)c1ccc(NC(=O)c2cccc(-c3cc(Br)c4ncnn4c3)c2)cc1OC.COC(=O)c1ccc(NC(=O)c2cccc(-c3cc(Nc4ccc(OC)c(OC)n4)c4ncnn4c3)c2)cc1OC.COc1ccc(N)nc1OC. The van der Waals surface area contributed by atoms with E-state index in [9.17, 15) is 19.2 Å². The maximum absolute atomic E-state index is 13.2. The minimum absolute atomic E-state index is 0.256. The number of halogens is 1. The number of methoxy groups -OCH3 is 8. The number of fused-ring (bicyclic) bond motifs is 2. The van der Waals surface area contributed by atoms with Gasteiger partial charge in [-0.25, -0.2) is 28.6 Å². The number of carbonyl (C=O) groups excluding carboxylic acids is 4. The summed E-state index contributed by atoms with van der Waals surface area (Å²) >= 11 is 3.50. The van der Waals surface area contributed by atoms with Gasteiger partial charge in [0.2, 0.25) is 0 Å². The van der Waals surface area contributed by atoms with Crippen LogP contribution >= 0.6 is 15.9 Å². The first-order chi connectivity index (χ1) is 40.2. The lowest BCUT2D eigenvalue weighted by atomic mass is 10.0. The van der Waals surface area contributed by atoms with Crippen LogP contribution in [0.5, 0.6) is 34.8 Å². The van der Waals surface area contributed by atoms with Crippen LogP contribution in [0.3, 0.4) is 0 Å². The molecule has 10 rings (SSSR count). The number of nitrogen functional groups attached to an aromatic ring is 1. The number of rotatable bonds is 16. The highest BCUT2D eigenvalue weighted by Gasteiger charge is 2.19. The van der Waals surface area contributed by atoms with E-state index in [1.165, 1.54) is 61.4 Å². The Hall–Kier alpha value is -10.8. The van der Waals surface area contributed by atoms with E-state index in [-0.39, 0.29) is 28.7 Å². The number of hydrogen-bond donors (Lipinski definition) is 4. The maximum Gasteiger partial charge on any atom is 0.341 e. The molecule has 0 bridgehead atoms. The third kappa shape index (κ3) is 13.8. The number of anilines is 5. The molecule has 0 aliphatic rings. The first-order valence-electron chi connectivity index (χ1n) is 24.6. The van der Waals surface area contributed by atoms with Gasteiger partial charge in [-0.15, -0.1) is 0 Å². The van der Waals surface area contributed by atoms with Crippen molar-refractivity contribution in [3.63, 3.8) is 0 Å². The van der Waals surface area contributed by atoms with E-state index in [1.807, 2.05) is 42.7 Å². The smallest absolute Gasteiger partial charge is 0.341 e. The zero-order chi connectivity index (χ0) is 59.2. The first kappa shape index (κ1) is 58.3. The van der Waals surface area contributed by atoms with E-state index in [1.54, 1.807) is 108 Å². The quantitative estimate of drug-likeness (QED) is 0.0655. The fourth-order valence-corrected chi connectivity index (χ4v) is 8.61. The number of hydrogen-bond acceptors (Lipinski definition) is 20. The van der Waals surface area contributed by atoms with E-state index >= 15 is 0 Å². The normalized spacial score (nSPS) is 10.5. The second-order valence-corrected chi connectivity index (χ2v) is 18.0. The van der Waals surface area contributed by atoms with Crippen molar-refractivity contribution in [3.8, 4) is 57.0 Å². The standard InChI is InChI=1S/C29H26N6O6.C22H17BrN4O4.C7H10N2O2/c1-38-23-10-11-25(34-28(23)40-3)33-22-13-19(15-35-26(22)30-16-31-35)17-6-5-7-18(12-17)27(36)32-20-8-9-21(29(37)41-4)24(14-20)39-2;1-30-19-10-16(6-7-17(19)22(29)31-2)26-21(28)14-5-3-4-13(8-14)15-9-18(23)20-24-12-25-27(20)11-15;1-10-5-3-4-6(8)9-7(5)11-2/h5-16H,1-4H3,(H,32,36)(H,33,34);3-12H,1-2H3,(H,26,28);3-4H,1-2H3,(H2,8,9).